The molecule has 12 nitrogen and oxygen atoms in total. The Hall–Kier alpha value is -5.14. The average molecular weight is 842 g/mol. The van der Waals surface area contributed by atoms with E-state index in [2.05, 4.69) is 25.4 Å². The van der Waals surface area contributed by atoms with Crippen molar-refractivity contribution in [3.8, 4) is 16.9 Å². The third-order valence-electron chi connectivity index (χ3n) is 10.8. The topological polar surface area (TPSA) is 146 Å². The number of rotatable bonds is 12. The molecule has 0 saturated heterocycles. The molecule has 1 amide bonds. The highest BCUT2D eigenvalue weighted by Crippen LogP contribution is 2.60. The number of alkyl halides is 8. The molecule has 310 valence electrons. The molecule has 2 N–H and O–H groups in total. The van der Waals surface area contributed by atoms with Crippen LogP contribution in [0.3, 0.4) is 0 Å². The smallest absolute Gasteiger partial charge is 0.413 e. The average Bonchev–Trinajstić information content (AvgIpc) is 3.97. The Balaban J connectivity index is 1.25. The van der Waals surface area contributed by atoms with Crippen LogP contribution in [-0.2, 0) is 25.4 Å². The first kappa shape index (κ1) is 41.0. The van der Waals surface area contributed by atoms with E-state index < -0.39 is 77.5 Å². The molecule has 58 heavy (non-hydrogen) atoms. The van der Waals surface area contributed by atoms with Crippen molar-refractivity contribution in [3.05, 3.63) is 77.0 Å². The number of aliphatic imine (C=N–C) groups is 1. The number of guanidine groups is 1. The first-order chi connectivity index (χ1) is 27.0. The zero-order chi connectivity index (χ0) is 42.2. The van der Waals surface area contributed by atoms with Gasteiger partial charge in [0.15, 0.2) is 22.9 Å². The Bertz CT molecular complexity index is 2260. The predicted octanol–water partition coefficient (Wildman–Crippen LogP) is 7.97. The van der Waals surface area contributed by atoms with Crippen molar-refractivity contribution in [2.24, 2.45) is 21.6 Å². The third kappa shape index (κ3) is 7.27. The van der Waals surface area contributed by atoms with Crippen molar-refractivity contribution < 1.29 is 49.4 Å². The van der Waals surface area contributed by atoms with Gasteiger partial charge in [-0.05, 0) is 60.8 Å². The summed E-state index contributed by atoms with van der Waals surface area (Å²) in [5, 5.41) is 11.5. The normalized spacial score (nSPS) is 20.7. The molecule has 2 fully saturated rings. The van der Waals surface area contributed by atoms with E-state index in [9.17, 15) is 44.7 Å². The van der Waals surface area contributed by atoms with Crippen LogP contribution in [0.5, 0.6) is 0 Å². The Labute approximate surface area is 330 Å². The molecule has 2 atom stereocenters. The van der Waals surface area contributed by atoms with Crippen molar-refractivity contribution in [1.82, 2.24) is 34.7 Å². The molecule has 2 aromatic heterocycles. The first-order valence-corrected chi connectivity index (χ1v) is 18.4. The number of halogens is 9. The maximum absolute atomic E-state index is 15.0. The van der Waals surface area contributed by atoms with Gasteiger partial charge in [0.25, 0.3) is 12.3 Å². The highest BCUT2D eigenvalue weighted by Gasteiger charge is 2.66. The standard InChI is InChI=1S/C37H36ClF8N9O3/c1-32(2,3)18-35(22-7-4-20(5-8-22)24-16-53(52-51-24)34(12-13-34)37(44,45)46)30(57)54(31(47)50-35)26(17-58-27(56)15-33(10-11-33)36(41,42)43)21-6-9-23(38)25(14-21)55-29(28(39)40)48-19-49-55/h4-9,14,16,19,26,28H,10-13,15,17-18H2,1-3H3,(H2,47,50)/t26-,35-/m1/s1. The summed E-state index contributed by atoms with van der Waals surface area (Å²) >= 11 is 6.42. The van der Waals surface area contributed by atoms with E-state index in [0.717, 1.165) is 20.6 Å². The minimum atomic E-state index is -4.65. The molecule has 4 aromatic rings. The van der Waals surface area contributed by atoms with E-state index in [1.54, 1.807) is 24.3 Å². The Kier molecular flexibility index (Phi) is 9.91. The lowest BCUT2D eigenvalue weighted by Gasteiger charge is -2.35. The summed E-state index contributed by atoms with van der Waals surface area (Å²) in [7, 11) is 0. The van der Waals surface area contributed by atoms with Gasteiger partial charge in [-0.3, -0.25) is 14.5 Å². The molecule has 3 aliphatic rings. The molecule has 2 saturated carbocycles. The van der Waals surface area contributed by atoms with Gasteiger partial charge in [-0.2, -0.15) is 31.4 Å². The molecule has 0 unspecified atom stereocenters. The summed E-state index contributed by atoms with van der Waals surface area (Å²) < 4.78 is 117. The molecule has 2 aliphatic carbocycles. The lowest BCUT2D eigenvalue weighted by Crippen LogP contribution is -2.47. The molecule has 0 radical (unpaired) electrons. The van der Waals surface area contributed by atoms with E-state index in [1.165, 1.54) is 24.4 Å². The number of carbonyl (C=O) groups excluding carboxylic acids is 2. The monoisotopic (exact) mass is 841 g/mol. The molecular formula is C37H36ClF8N9O3. The number of ether oxygens (including phenoxy) is 1. The number of carbonyl (C=O) groups is 2. The number of nitrogens with two attached hydrogens (primary N) is 1. The Morgan fingerprint density at radius 3 is 2.22 bits per heavy atom. The largest absolute Gasteiger partial charge is 0.463 e. The molecule has 3 heterocycles. The van der Waals surface area contributed by atoms with Gasteiger partial charge >= 0.3 is 18.3 Å². The zero-order valence-corrected chi connectivity index (χ0v) is 31.8. The van der Waals surface area contributed by atoms with Crippen molar-refractivity contribution >= 4 is 29.4 Å². The summed E-state index contributed by atoms with van der Waals surface area (Å²) in [6.45, 7) is 4.80. The fraction of sp³-hybridized carbons (Fsp3) is 0.486. The fourth-order valence-corrected chi connectivity index (χ4v) is 7.57. The number of hydrogen-bond donors (Lipinski definition) is 1. The molecule has 1 aliphatic heterocycles. The Morgan fingerprint density at radius 2 is 1.66 bits per heavy atom. The highest BCUT2D eigenvalue weighted by molar-refractivity contribution is 6.32. The highest BCUT2D eigenvalue weighted by atomic mass is 35.5. The predicted molar refractivity (Wildman–Crippen MR) is 190 cm³/mol. The van der Waals surface area contributed by atoms with Crippen LogP contribution in [0.15, 0.2) is 60.0 Å². The van der Waals surface area contributed by atoms with E-state index >= 15 is 0 Å². The minimum absolute atomic E-state index is 0.0445. The minimum Gasteiger partial charge on any atom is -0.463 e. The molecule has 0 spiro atoms. The molecule has 2 aromatic carbocycles. The quantitative estimate of drug-likeness (QED) is 0.112. The summed E-state index contributed by atoms with van der Waals surface area (Å²) in [5.74, 6) is -3.03. The second-order valence-corrected chi connectivity index (χ2v) is 16.5. The van der Waals surface area contributed by atoms with Gasteiger partial charge in [0.05, 0.1) is 34.8 Å². The maximum atomic E-state index is 15.0. The maximum Gasteiger partial charge on any atom is 0.413 e. The number of benzene rings is 2. The van der Waals surface area contributed by atoms with E-state index in [1.807, 2.05) is 20.8 Å². The van der Waals surface area contributed by atoms with Gasteiger partial charge in [-0.15, -0.1) is 5.10 Å². The number of amides is 1. The van der Waals surface area contributed by atoms with Crippen LogP contribution in [0, 0.1) is 10.8 Å². The second-order valence-electron chi connectivity index (χ2n) is 16.1. The third-order valence-corrected chi connectivity index (χ3v) is 11.1. The molecule has 0 bridgehead atoms. The van der Waals surface area contributed by atoms with E-state index in [-0.39, 0.29) is 60.0 Å². The van der Waals surface area contributed by atoms with Gasteiger partial charge in [0, 0.05) is 5.56 Å². The summed E-state index contributed by atoms with van der Waals surface area (Å²) in [6, 6.07) is 8.80. The van der Waals surface area contributed by atoms with Crippen LogP contribution < -0.4 is 5.73 Å². The van der Waals surface area contributed by atoms with Crippen LogP contribution in [0.4, 0.5) is 35.1 Å². The van der Waals surface area contributed by atoms with Crippen LogP contribution in [0.25, 0.3) is 16.9 Å². The summed E-state index contributed by atoms with van der Waals surface area (Å²) in [6.07, 6.45) is -11.9. The number of aromatic nitrogens is 6. The number of esters is 1. The summed E-state index contributed by atoms with van der Waals surface area (Å²) in [5.41, 5.74) is 0.719. The SMILES string of the molecule is CC(C)(C)C[C@]1(c2ccc(-c3cn(C4(C(F)(F)F)CC4)nn3)cc2)N=C(N)N([C@H](COC(=O)CC2(C(F)(F)F)CC2)c2ccc(Cl)c(-n3ncnc3C(F)F)c2)C1=O. The van der Waals surface area contributed by atoms with E-state index in [0.29, 0.717) is 11.1 Å². The zero-order valence-electron chi connectivity index (χ0n) is 31.1. The molecular weight excluding hydrogens is 806 g/mol. The first-order valence-electron chi connectivity index (χ1n) is 18.0. The number of hydrogen-bond acceptors (Lipinski definition) is 9. The van der Waals surface area contributed by atoms with Gasteiger partial charge in [-0.25, -0.2) is 28.1 Å². The van der Waals surface area contributed by atoms with Crippen molar-refractivity contribution in [2.45, 2.75) is 95.2 Å². The summed E-state index contributed by atoms with van der Waals surface area (Å²) in [4.78, 5) is 37.3. The van der Waals surface area contributed by atoms with Crippen LogP contribution in [-0.4, -0.2) is 71.5 Å². The molecule has 7 rings (SSSR count). The van der Waals surface area contributed by atoms with Crippen molar-refractivity contribution in [2.75, 3.05) is 6.61 Å². The van der Waals surface area contributed by atoms with Gasteiger partial charge in [-0.1, -0.05) is 67.9 Å². The van der Waals surface area contributed by atoms with E-state index in [4.69, 9.17) is 22.1 Å². The lowest BCUT2D eigenvalue weighted by atomic mass is 9.75. The van der Waals surface area contributed by atoms with Gasteiger partial charge in [0.2, 0.25) is 0 Å². The number of nitrogens with zero attached hydrogens (tertiary/aromatic N) is 8. The van der Waals surface area contributed by atoms with Crippen molar-refractivity contribution in [1.29, 1.82) is 0 Å². The van der Waals surface area contributed by atoms with Crippen molar-refractivity contribution in [3.63, 3.8) is 0 Å². The van der Waals surface area contributed by atoms with Crippen LogP contribution in [0.1, 0.15) is 88.7 Å². The second kappa shape index (κ2) is 14.0. The lowest BCUT2D eigenvalue weighted by molar-refractivity contribution is -0.195. The van der Waals surface area contributed by atoms with Gasteiger partial charge < -0.3 is 10.5 Å². The van der Waals surface area contributed by atoms with Crippen LogP contribution in [0.2, 0.25) is 5.02 Å². The van der Waals surface area contributed by atoms with Crippen LogP contribution >= 0.6 is 11.6 Å². The van der Waals surface area contributed by atoms with Gasteiger partial charge in [0.1, 0.15) is 18.6 Å². The fourth-order valence-electron chi connectivity index (χ4n) is 7.37. The Morgan fingerprint density at radius 1 is 0.983 bits per heavy atom. The molecule has 21 heteroatoms.